The number of hydrogen-bond acceptors (Lipinski definition) is 8. The Labute approximate surface area is 125 Å². The molecule has 3 aliphatic rings. The molecule has 2 aromatic heterocycles. The summed E-state index contributed by atoms with van der Waals surface area (Å²) >= 11 is 0. The fourth-order valence-electron chi connectivity index (χ4n) is 3.40. The second-order valence-electron chi connectivity index (χ2n) is 6.14. The van der Waals surface area contributed by atoms with Crippen LogP contribution in [0.1, 0.15) is 20.1 Å². The Morgan fingerprint density at radius 1 is 1.27 bits per heavy atom. The van der Waals surface area contributed by atoms with E-state index < -0.39 is 12.0 Å². The zero-order valence-corrected chi connectivity index (χ0v) is 12.1. The van der Waals surface area contributed by atoms with Crippen molar-refractivity contribution in [2.45, 2.75) is 44.2 Å². The van der Waals surface area contributed by atoms with E-state index in [2.05, 4.69) is 15.0 Å². The van der Waals surface area contributed by atoms with Crippen LogP contribution in [0.5, 0.6) is 6.01 Å². The van der Waals surface area contributed by atoms with E-state index in [0.29, 0.717) is 29.6 Å². The zero-order valence-electron chi connectivity index (χ0n) is 12.1. The molecule has 9 nitrogen and oxygen atoms in total. The Bertz CT molecular complexity index is 775. The maximum atomic E-state index is 6.06. The first-order valence-electron chi connectivity index (χ1n) is 7.16. The summed E-state index contributed by atoms with van der Waals surface area (Å²) in [5.74, 6) is -0.339. The molecule has 9 heteroatoms. The van der Waals surface area contributed by atoms with E-state index in [1.165, 1.54) is 6.33 Å². The van der Waals surface area contributed by atoms with Crippen molar-refractivity contribution in [1.29, 1.82) is 0 Å². The Balaban J connectivity index is 1.70. The molecule has 0 saturated carbocycles. The molecule has 0 unspecified atom stereocenters. The molecule has 2 N–H and O–H groups in total. The molecule has 22 heavy (non-hydrogen) atoms. The molecule has 2 fully saturated rings. The van der Waals surface area contributed by atoms with Gasteiger partial charge in [-0.05, 0) is 13.8 Å². The highest BCUT2D eigenvalue weighted by Crippen LogP contribution is 2.46. The third-order valence-electron chi connectivity index (χ3n) is 4.23. The van der Waals surface area contributed by atoms with Crippen molar-refractivity contribution in [3.05, 3.63) is 6.33 Å². The average Bonchev–Trinajstić information content (AvgIpc) is 3.02. The maximum Gasteiger partial charge on any atom is 0.301 e. The summed E-state index contributed by atoms with van der Waals surface area (Å²) in [6.07, 6.45) is 0.375. The number of fused-ring (bicyclic) bond motifs is 9. The van der Waals surface area contributed by atoms with Crippen molar-refractivity contribution in [3.63, 3.8) is 0 Å². The highest BCUT2D eigenvalue weighted by molar-refractivity contribution is 5.82. The Morgan fingerprint density at radius 2 is 2.09 bits per heavy atom. The van der Waals surface area contributed by atoms with Crippen LogP contribution >= 0.6 is 0 Å². The van der Waals surface area contributed by atoms with Gasteiger partial charge in [-0.1, -0.05) is 0 Å². The SMILES string of the molecule is CC1(C)O[C@@H]2[C@H](O1)[C@@H]1COc3nc4c(N)ncnc4n3[C@@H]2O1. The van der Waals surface area contributed by atoms with Crippen LogP contribution in [0.15, 0.2) is 6.33 Å². The van der Waals surface area contributed by atoms with E-state index in [9.17, 15) is 0 Å². The Kier molecular flexibility index (Phi) is 2.20. The van der Waals surface area contributed by atoms with E-state index in [0.717, 1.165) is 0 Å². The minimum atomic E-state index is -0.648. The van der Waals surface area contributed by atoms with Crippen LogP contribution in [0.2, 0.25) is 0 Å². The molecular weight excluding hydrogens is 290 g/mol. The highest BCUT2D eigenvalue weighted by atomic mass is 16.8. The van der Waals surface area contributed by atoms with E-state index in [1.54, 1.807) is 4.57 Å². The topological polar surface area (TPSA) is 107 Å². The lowest BCUT2D eigenvalue weighted by atomic mass is 10.1. The van der Waals surface area contributed by atoms with Crippen molar-refractivity contribution in [2.24, 2.45) is 0 Å². The number of anilines is 1. The lowest BCUT2D eigenvalue weighted by Gasteiger charge is -2.22. The largest absolute Gasteiger partial charge is 0.462 e. The van der Waals surface area contributed by atoms with Gasteiger partial charge in [0.05, 0.1) is 0 Å². The van der Waals surface area contributed by atoms with Crippen molar-refractivity contribution < 1.29 is 18.9 Å². The summed E-state index contributed by atoms with van der Waals surface area (Å²) in [6.45, 7) is 4.13. The van der Waals surface area contributed by atoms with Gasteiger partial charge in [0.15, 0.2) is 29.0 Å². The first-order valence-corrected chi connectivity index (χ1v) is 7.16. The van der Waals surface area contributed by atoms with Gasteiger partial charge in [-0.25, -0.2) is 14.5 Å². The van der Waals surface area contributed by atoms with Crippen LogP contribution in [-0.4, -0.2) is 50.2 Å². The third-order valence-corrected chi connectivity index (χ3v) is 4.23. The first kappa shape index (κ1) is 12.6. The van der Waals surface area contributed by atoms with Crippen LogP contribution in [0.25, 0.3) is 11.2 Å². The molecule has 0 radical (unpaired) electrons. The normalized spacial score (nSPS) is 35.0. The molecule has 116 valence electrons. The van der Waals surface area contributed by atoms with Gasteiger partial charge in [0, 0.05) is 0 Å². The van der Waals surface area contributed by atoms with Crippen molar-refractivity contribution in [3.8, 4) is 6.01 Å². The summed E-state index contributed by atoms with van der Waals surface area (Å²) in [5, 5.41) is 0. The van der Waals surface area contributed by atoms with Gasteiger partial charge in [-0.3, -0.25) is 0 Å². The summed E-state index contributed by atoms with van der Waals surface area (Å²) in [4.78, 5) is 12.6. The molecule has 0 aliphatic carbocycles. The third kappa shape index (κ3) is 1.50. The molecule has 2 bridgehead atoms. The summed E-state index contributed by atoms with van der Waals surface area (Å²) in [6, 6.07) is 0.418. The maximum absolute atomic E-state index is 6.06. The predicted molar refractivity (Wildman–Crippen MR) is 73.0 cm³/mol. The molecular formula is C13H15N5O4. The van der Waals surface area contributed by atoms with Crippen molar-refractivity contribution >= 4 is 17.0 Å². The quantitative estimate of drug-likeness (QED) is 0.736. The molecule has 0 amide bonds. The second-order valence-corrected chi connectivity index (χ2v) is 6.14. The van der Waals surface area contributed by atoms with E-state index in [1.807, 2.05) is 13.8 Å². The number of imidazole rings is 1. The van der Waals surface area contributed by atoms with Crippen LogP contribution in [0.4, 0.5) is 5.82 Å². The van der Waals surface area contributed by atoms with E-state index in [-0.39, 0.29) is 18.3 Å². The lowest BCUT2D eigenvalue weighted by molar-refractivity contribution is -0.195. The van der Waals surface area contributed by atoms with Crippen molar-refractivity contribution in [2.75, 3.05) is 12.3 Å². The summed E-state index contributed by atoms with van der Waals surface area (Å²) in [5.41, 5.74) is 6.95. The molecule has 2 saturated heterocycles. The van der Waals surface area contributed by atoms with Gasteiger partial charge in [0.1, 0.15) is 31.2 Å². The molecule has 4 atom stereocenters. The van der Waals surface area contributed by atoms with Crippen LogP contribution in [0.3, 0.4) is 0 Å². The number of ether oxygens (including phenoxy) is 4. The van der Waals surface area contributed by atoms with Gasteiger partial charge >= 0.3 is 6.01 Å². The van der Waals surface area contributed by atoms with Gasteiger partial charge in [0.2, 0.25) is 0 Å². The Morgan fingerprint density at radius 3 is 2.95 bits per heavy atom. The number of rotatable bonds is 0. The van der Waals surface area contributed by atoms with Gasteiger partial charge < -0.3 is 24.7 Å². The highest BCUT2D eigenvalue weighted by Gasteiger charge is 2.58. The van der Waals surface area contributed by atoms with Crippen molar-refractivity contribution in [1.82, 2.24) is 19.5 Å². The lowest BCUT2D eigenvalue weighted by Crippen LogP contribution is -2.34. The fourth-order valence-corrected chi connectivity index (χ4v) is 3.40. The standard InChI is InChI=1S/C13H15N5O4/c1-13(2)21-7-5-3-19-12-17-6-9(14)15-4-16-10(6)18(12)11(20-5)8(7)22-13/h4-5,7-8,11H,3H2,1-2H3,(H2,14,15,16)/t5-,7+,8+,11+/m0/s1. The minimum Gasteiger partial charge on any atom is -0.462 e. The average molecular weight is 305 g/mol. The number of nitrogens with zero attached hydrogens (tertiary/aromatic N) is 4. The van der Waals surface area contributed by atoms with Crippen LogP contribution < -0.4 is 10.5 Å². The molecule has 0 spiro atoms. The van der Waals surface area contributed by atoms with E-state index >= 15 is 0 Å². The van der Waals surface area contributed by atoms with E-state index in [4.69, 9.17) is 24.7 Å². The Hall–Kier alpha value is -1.97. The van der Waals surface area contributed by atoms with Crippen LogP contribution in [-0.2, 0) is 14.2 Å². The molecule has 5 heterocycles. The number of nitrogen functional groups attached to an aromatic ring is 1. The fraction of sp³-hybridized carbons (Fsp3) is 0.615. The summed E-state index contributed by atoms with van der Waals surface area (Å²) < 4.78 is 25.6. The number of aromatic nitrogens is 4. The molecule has 2 aromatic rings. The van der Waals surface area contributed by atoms with Crippen LogP contribution in [0, 0.1) is 0 Å². The second kappa shape index (κ2) is 3.86. The van der Waals surface area contributed by atoms with Gasteiger partial charge in [-0.15, -0.1) is 0 Å². The molecule has 3 aliphatic heterocycles. The zero-order chi connectivity index (χ0) is 15.1. The molecule has 0 aromatic carbocycles. The van der Waals surface area contributed by atoms with Gasteiger partial charge in [-0.2, -0.15) is 4.98 Å². The smallest absolute Gasteiger partial charge is 0.301 e. The monoisotopic (exact) mass is 305 g/mol. The molecule has 5 rings (SSSR count). The minimum absolute atomic E-state index is 0.176. The number of nitrogens with two attached hydrogens (primary N) is 1. The predicted octanol–water partition coefficient (Wildman–Crippen LogP) is 0.218. The first-order chi connectivity index (χ1) is 10.5. The summed E-state index contributed by atoms with van der Waals surface area (Å²) in [7, 11) is 0. The number of hydrogen-bond donors (Lipinski definition) is 1. The van der Waals surface area contributed by atoms with Gasteiger partial charge in [0.25, 0.3) is 0 Å².